The van der Waals surface area contributed by atoms with Crippen LogP contribution in [0.3, 0.4) is 0 Å². The lowest BCUT2D eigenvalue weighted by atomic mass is 10.2. The summed E-state index contributed by atoms with van der Waals surface area (Å²) in [6.07, 6.45) is 1.40. The second-order valence-electron chi connectivity index (χ2n) is 4.19. The SMILES string of the molecule is Cc1nc(CN(C)C(=O)CCc2cccs2)cs1. The van der Waals surface area contributed by atoms with Gasteiger partial charge in [0, 0.05) is 23.7 Å². The van der Waals surface area contributed by atoms with Crippen LogP contribution in [0.25, 0.3) is 0 Å². The Morgan fingerprint density at radius 2 is 2.28 bits per heavy atom. The zero-order chi connectivity index (χ0) is 13.0. The molecule has 0 N–H and O–H groups in total. The number of amides is 1. The van der Waals surface area contributed by atoms with E-state index in [-0.39, 0.29) is 5.91 Å². The molecule has 2 aromatic rings. The number of aryl methyl sites for hydroxylation is 2. The zero-order valence-corrected chi connectivity index (χ0v) is 12.2. The predicted octanol–water partition coefficient (Wildman–Crippen LogP) is 3.10. The molecule has 1 amide bonds. The lowest BCUT2D eigenvalue weighted by Crippen LogP contribution is -2.26. The van der Waals surface area contributed by atoms with Gasteiger partial charge in [-0.1, -0.05) is 6.07 Å². The summed E-state index contributed by atoms with van der Waals surface area (Å²) in [4.78, 5) is 19.3. The molecule has 2 heterocycles. The lowest BCUT2D eigenvalue weighted by Gasteiger charge is -2.15. The highest BCUT2D eigenvalue weighted by Crippen LogP contribution is 2.13. The summed E-state index contributed by atoms with van der Waals surface area (Å²) >= 11 is 3.32. The van der Waals surface area contributed by atoms with Gasteiger partial charge in [-0.15, -0.1) is 22.7 Å². The van der Waals surface area contributed by atoms with Crippen molar-refractivity contribution in [2.75, 3.05) is 7.05 Å². The van der Waals surface area contributed by atoms with Gasteiger partial charge in [0.2, 0.25) is 5.91 Å². The highest BCUT2D eigenvalue weighted by atomic mass is 32.1. The molecule has 0 aromatic carbocycles. The van der Waals surface area contributed by atoms with Gasteiger partial charge in [0.05, 0.1) is 17.2 Å². The molecule has 0 atom stereocenters. The summed E-state index contributed by atoms with van der Waals surface area (Å²) < 4.78 is 0. The average molecular weight is 280 g/mol. The molecule has 96 valence electrons. The van der Waals surface area contributed by atoms with Crippen LogP contribution in [0.2, 0.25) is 0 Å². The third kappa shape index (κ3) is 3.65. The fourth-order valence-corrected chi connectivity index (χ4v) is 3.00. The first kappa shape index (κ1) is 13.2. The largest absolute Gasteiger partial charge is 0.340 e. The fraction of sp³-hybridized carbons (Fsp3) is 0.385. The maximum absolute atomic E-state index is 12.0. The number of nitrogens with zero attached hydrogens (tertiary/aromatic N) is 2. The fourth-order valence-electron chi connectivity index (χ4n) is 1.69. The summed E-state index contributed by atoms with van der Waals surface area (Å²) in [5.74, 6) is 0.175. The standard InChI is InChI=1S/C13H16N2OS2/c1-10-14-11(9-18-10)8-15(2)13(16)6-5-12-4-3-7-17-12/h3-4,7,9H,5-6,8H2,1-2H3. The van der Waals surface area contributed by atoms with Crippen LogP contribution in [0.5, 0.6) is 0 Å². The van der Waals surface area contributed by atoms with E-state index in [4.69, 9.17) is 0 Å². The van der Waals surface area contributed by atoms with Crippen LogP contribution in [0, 0.1) is 6.92 Å². The molecule has 0 saturated heterocycles. The molecule has 5 heteroatoms. The average Bonchev–Trinajstić information content (AvgIpc) is 2.97. The van der Waals surface area contributed by atoms with E-state index in [9.17, 15) is 4.79 Å². The van der Waals surface area contributed by atoms with Gasteiger partial charge in [-0.2, -0.15) is 0 Å². The maximum Gasteiger partial charge on any atom is 0.223 e. The van der Waals surface area contributed by atoms with Crippen molar-refractivity contribution in [1.29, 1.82) is 0 Å². The van der Waals surface area contributed by atoms with E-state index in [0.717, 1.165) is 17.1 Å². The van der Waals surface area contributed by atoms with E-state index in [1.807, 2.05) is 30.8 Å². The van der Waals surface area contributed by atoms with Crippen LogP contribution in [0.1, 0.15) is 22.0 Å². The molecule has 2 rings (SSSR count). The van der Waals surface area contributed by atoms with Gasteiger partial charge < -0.3 is 4.90 Å². The van der Waals surface area contributed by atoms with Crippen molar-refractivity contribution in [2.24, 2.45) is 0 Å². The Kier molecular flexibility index (Phi) is 4.49. The molecule has 0 bridgehead atoms. The molecular weight excluding hydrogens is 264 g/mol. The number of hydrogen-bond donors (Lipinski definition) is 0. The third-order valence-corrected chi connectivity index (χ3v) is 4.42. The predicted molar refractivity (Wildman–Crippen MR) is 76.0 cm³/mol. The van der Waals surface area contributed by atoms with Crippen LogP contribution in [0.15, 0.2) is 22.9 Å². The van der Waals surface area contributed by atoms with Gasteiger partial charge in [0.1, 0.15) is 0 Å². The van der Waals surface area contributed by atoms with Crippen LogP contribution in [-0.2, 0) is 17.8 Å². The summed E-state index contributed by atoms with van der Waals surface area (Å²) in [6.45, 7) is 2.58. The maximum atomic E-state index is 12.0. The molecule has 0 fully saturated rings. The first-order valence-corrected chi connectivity index (χ1v) is 7.58. The monoisotopic (exact) mass is 280 g/mol. The van der Waals surface area contributed by atoms with E-state index in [1.54, 1.807) is 27.6 Å². The number of carbonyl (C=O) groups excluding carboxylic acids is 1. The molecule has 0 aliphatic carbocycles. The first-order valence-electron chi connectivity index (χ1n) is 5.82. The molecule has 0 aliphatic heterocycles. The van der Waals surface area contributed by atoms with Crippen molar-refractivity contribution in [3.8, 4) is 0 Å². The highest BCUT2D eigenvalue weighted by molar-refractivity contribution is 7.10. The number of rotatable bonds is 5. The lowest BCUT2D eigenvalue weighted by molar-refractivity contribution is -0.130. The van der Waals surface area contributed by atoms with Crippen molar-refractivity contribution in [3.63, 3.8) is 0 Å². The number of carbonyl (C=O) groups is 1. The Bertz CT molecular complexity index is 505. The highest BCUT2D eigenvalue weighted by Gasteiger charge is 2.11. The molecule has 0 radical (unpaired) electrons. The van der Waals surface area contributed by atoms with Gasteiger partial charge in [-0.05, 0) is 24.8 Å². The second-order valence-corrected chi connectivity index (χ2v) is 6.28. The summed E-state index contributed by atoms with van der Waals surface area (Å²) in [6, 6.07) is 4.09. The van der Waals surface area contributed by atoms with Crippen molar-refractivity contribution in [3.05, 3.63) is 38.5 Å². The van der Waals surface area contributed by atoms with Gasteiger partial charge in [-0.25, -0.2) is 4.98 Å². The van der Waals surface area contributed by atoms with E-state index in [0.29, 0.717) is 13.0 Å². The molecule has 0 aliphatic rings. The van der Waals surface area contributed by atoms with E-state index in [2.05, 4.69) is 11.1 Å². The second kappa shape index (κ2) is 6.11. The quantitative estimate of drug-likeness (QED) is 0.843. The Morgan fingerprint density at radius 3 is 2.89 bits per heavy atom. The summed E-state index contributed by atoms with van der Waals surface area (Å²) in [5, 5.41) is 5.10. The third-order valence-electron chi connectivity index (χ3n) is 2.66. The van der Waals surface area contributed by atoms with Crippen LogP contribution in [0.4, 0.5) is 0 Å². The number of thiophene rings is 1. The van der Waals surface area contributed by atoms with Crippen LogP contribution < -0.4 is 0 Å². The minimum absolute atomic E-state index is 0.175. The van der Waals surface area contributed by atoms with Crippen LogP contribution >= 0.6 is 22.7 Å². The van der Waals surface area contributed by atoms with Crippen molar-refractivity contribution < 1.29 is 4.79 Å². The van der Waals surface area contributed by atoms with E-state index < -0.39 is 0 Å². The minimum Gasteiger partial charge on any atom is -0.340 e. The smallest absolute Gasteiger partial charge is 0.223 e. The number of thiazole rings is 1. The molecule has 3 nitrogen and oxygen atoms in total. The molecule has 0 unspecified atom stereocenters. The Balaban J connectivity index is 1.81. The Hall–Kier alpha value is -1.20. The van der Waals surface area contributed by atoms with Gasteiger partial charge in [0.15, 0.2) is 0 Å². The summed E-state index contributed by atoms with van der Waals surface area (Å²) in [5.41, 5.74) is 0.976. The van der Waals surface area contributed by atoms with E-state index >= 15 is 0 Å². The minimum atomic E-state index is 0.175. The van der Waals surface area contributed by atoms with Gasteiger partial charge in [-0.3, -0.25) is 4.79 Å². The molecule has 2 aromatic heterocycles. The molecule has 0 spiro atoms. The van der Waals surface area contributed by atoms with Gasteiger partial charge in [0.25, 0.3) is 0 Å². The number of aromatic nitrogens is 1. The van der Waals surface area contributed by atoms with Crippen molar-refractivity contribution in [1.82, 2.24) is 9.88 Å². The van der Waals surface area contributed by atoms with Crippen LogP contribution in [-0.4, -0.2) is 22.8 Å². The van der Waals surface area contributed by atoms with Crippen molar-refractivity contribution >= 4 is 28.6 Å². The first-order chi connectivity index (χ1) is 8.65. The zero-order valence-electron chi connectivity index (χ0n) is 10.5. The Morgan fingerprint density at radius 1 is 1.44 bits per heavy atom. The molecule has 18 heavy (non-hydrogen) atoms. The van der Waals surface area contributed by atoms with E-state index in [1.165, 1.54) is 4.88 Å². The van der Waals surface area contributed by atoms with Gasteiger partial charge >= 0.3 is 0 Å². The molecule has 0 saturated carbocycles. The normalized spacial score (nSPS) is 10.6. The number of hydrogen-bond acceptors (Lipinski definition) is 4. The molecular formula is C13H16N2OS2. The summed E-state index contributed by atoms with van der Waals surface area (Å²) in [7, 11) is 1.84. The Labute approximate surface area is 115 Å². The topological polar surface area (TPSA) is 33.2 Å². The van der Waals surface area contributed by atoms with Crippen molar-refractivity contribution in [2.45, 2.75) is 26.3 Å².